The van der Waals surface area contributed by atoms with Crippen molar-refractivity contribution in [2.75, 3.05) is 0 Å². The Labute approximate surface area is 126 Å². The molecule has 0 aromatic carbocycles. The van der Waals surface area contributed by atoms with E-state index in [-0.39, 0.29) is 34.1 Å². The van der Waals surface area contributed by atoms with Crippen molar-refractivity contribution in [1.29, 1.82) is 0 Å². The highest BCUT2D eigenvalue weighted by Gasteiger charge is 2.40. The molecule has 1 aromatic heterocycles. The fourth-order valence-corrected chi connectivity index (χ4v) is 5.21. The molecule has 2 rings (SSSR count). The van der Waals surface area contributed by atoms with E-state index in [1.54, 1.807) is 0 Å². The smallest absolute Gasteiger partial charge is 0.258 e. The Bertz CT molecular complexity index is 589. The van der Waals surface area contributed by atoms with Crippen molar-refractivity contribution in [3.05, 3.63) is 11.8 Å². The first-order chi connectivity index (χ1) is 9.55. The van der Waals surface area contributed by atoms with Crippen molar-refractivity contribution in [1.82, 2.24) is 14.9 Å². The zero-order chi connectivity index (χ0) is 15.9. The number of nitrogens with one attached hydrogen (secondary N) is 2. The van der Waals surface area contributed by atoms with Crippen LogP contribution < -0.4 is 4.72 Å². The largest absolute Gasteiger partial charge is 0.392 e. The third-order valence-electron chi connectivity index (χ3n) is 3.99. The molecular formula is C14H25N3O3S. The van der Waals surface area contributed by atoms with Crippen LogP contribution in [0.2, 0.25) is 0 Å². The molecule has 0 bridgehead atoms. The van der Waals surface area contributed by atoms with E-state index in [1.807, 2.05) is 0 Å². The van der Waals surface area contributed by atoms with Crippen molar-refractivity contribution < 1.29 is 13.5 Å². The number of hydrogen-bond donors (Lipinski definition) is 3. The van der Waals surface area contributed by atoms with E-state index in [2.05, 4.69) is 42.6 Å². The highest BCUT2D eigenvalue weighted by Crippen LogP contribution is 2.45. The molecule has 0 atom stereocenters. The lowest BCUT2D eigenvalue weighted by atomic mass is 9.64. The quantitative estimate of drug-likeness (QED) is 0.789. The standard InChI is InChI=1S/C14H25N3O3S/c1-13(2)5-11(6-14(3,4)9-13)17-21(19,20)12-10(8-18)7-15-16-12/h7,11,17-18H,5-6,8-9H2,1-4H3,(H,15,16). The normalized spacial score (nSPS) is 22.3. The summed E-state index contributed by atoms with van der Waals surface area (Å²) in [6.45, 7) is 8.33. The molecule has 0 spiro atoms. The first-order valence-electron chi connectivity index (χ1n) is 7.20. The molecule has 1 aromatic rings. The molecule has 0 unspecified atom stereocenters. The fraction of sp³-hybridized carbons (Fsp3) is 0.786. The summed E-state index contributed by atoms with van der Waals surface area (Å²) in [7, 11) is -3.69. The molecule has 1 heterocycles. The average Bonchev–Trinajstić information content (AvgIpc) is 2.71. The number of aromatic nitrogens is 2. The van der Waals surface area contributed by atoms with Gasteiger partial charge in [-0.15, -0.1) is 0 Å². The van der Waals surface area contributed by atoms with Crippen molar-refractivity contribution >= 4 is 10.0 Å². The molecule has 120 valence electrons. The second-order valence-electron chi connectivity index (χ2n) is 7.61. The van der Waals surface area contributed by atoms with Crippen LogP contribution in [0, 0.1) is 10.8 Å². The molecule has 7 heteroatoms. The second kappa shape index (κ2) is 5.37. The van der Waals surface area contributed by atoms with Crippen molar-refractivity contribution in [2.45, 2.75) is 64.6 Å². The summed E-state index contributed by atoms with van der Waals surface area (Å²) in [5.41, 5.74) is 0.489. The van der Waals surface area contributed by atoms with Crippen LogP contribution in [0.5, 0.6) is 0 Å². The lowest BCUT2D eigenvalue weighted by molar-refractivity contribution is 0.0934. The molecule has 1 aliphatic carbocycles. The minimum absolute atomic E-state index is 0.0359. The van der Waals surface area contributed by atoms with E-state index >= 15 is 0 Å². The number of aliphatic hydroxyl groups is 1. The van der Waals surface area contributed by atoms with Crippen molar-refractivity contribution in [3.63, 3.8) is 0 Å². The van der Waals surface area contributed by atoms with Crippen molar-refractivity contribution in [2.24, 2.45) is 10.8 Å². The summed E-state index contributed by atoms with van der Waals surface area (Å²) >= 11 is 0. The van der Waals surface area contributed by atoms with Crippen LogP contribution in [-0.4, -0.2) is 29.8 Å². The zero-order valence-corrected chi connectivity index (χ0v) is 13.9. The number of H-pyrrole nitrogens is 1. The predicted molar refractivity (Wildman–Crippen MR) is 80.0 cm³/mol. The zero-order valence-electron chi connectivity index (χ0n) is 13.1. The number of rotatable bonds is 4. The Morgan fingerprint density at radius 3 is 2.43 bits per heavy atom. The van der Waals surface area contributed by atoms with Crippen molar-refractivity contribution in [3.8, 4) is 0 Å². The van der Waals surface area contributed by atoms with Gasteiger partial charge in [-0.25, -0.2) is 13.1 Å². The Morgan fingerprint density at radius 1 is 1.33 bits per heavy atom. The SMILES string of the molecule is CC1(C)CC(NS(=O)(=O)c2[nH]ncc2CO)CC(C)(C)C1. The van der Waals surface area contributed by atoms with Crippen LogP contribution in [0.3, 0.4) is 0 Å². The minimum atomic E-state index is -3.69. The fourth-order valence-electron chi connectivity index (χ4n) is 3.85. The Hall–Kier alpha value is -0.920. The van der Waals surface area contributed by atoms with Gasteiger partial charge in [0.2, 0.25) is 0 Å². The van der Waals surface area contributed by atoms with E-state index < -0.39 is 10.0 Å². The number of sulfonamides is 1. The van der Waals surface area contributed by atoms with Crippen LogP contribution in [-0.2, 0) is 16.6 Å². The van der Waals surface area contributed by atoms with E-state index in [1.165, 1.54) is 6.20 Å². The van der Waals surface area contributed by atoms with Crippen LogP contribution >= 0.6 is 0 Å². The van der Waals surface area contributed by atoms with Gasteiger partial charge in [0, 0.05) is 11.6 Å². The van der Waals surface area contributed by atoms with E-state index in [9.17, 15) is 13.5 Å². The van der Waals surface area contributed by atoms with Gasteiger partial charge in [0.15, 0.2) is 5.03 Å². The summed E-state index contributed by atoms with van der Waals surface area (Å²) in [4.78, 5) is 0. The molecule has 1 aliphatic rings. The summed E-state index contributed by atoms with van der Waals surface area (Å²) in [5, 5.41) is 15.3. The van der Waals surface area contributed by atoms with E-state index in [0.717, 1.165) is 19.3 Å². The van der Waals surface area contributed by atoms with Crippen LogP contribution in [0.1, 0.15) is 52.5 Å². The molecule has 1 fully saturated rings. The Kier molecular flexibility index (Phi) is 4.21. The summed E-state index contributed by atoms with van der Waals surface area (Å²) in [5.74, 6) is 0. The van der Waals surface area contributed by atoms with Crippen LogP contribution in [0.25, 0.3) is 0 Å². The van der Waals surface area contributed by atoms with Gasteiger partial charge >= 0.3 is 0 Å². The van der Waals surface area contributed by atoms with E-state index in [4.69, 9.17) is 0 Å². The summed E-state index contributed by atoms with van der Waals surface area (Å²) in [6, 6.07) is -0.108. The highest BCUT2D eigenvalue weighted by molar-refractivity contribution is 7.89. The van der Waals surface area contributed by atoms with E-state index in [0.29, 0.717) is 0 Å². The molecular weight excluding hydrogens is 290 g/mol. The first-order valence-corrected chi connectivity index (χ1v) is 8.68. The molecule has 1 saturated carbocycles. The van der Waals surface area contributed by atoms with Crippen LogP contribution in [0.15, 0.2) is 11.2 Å². The molecule has 0 radical (unpaired) electrons. The summed E-state index contributed by atoms with van der Waals surface area (Å²) in [6.07, 6.45) is 4.02. The van der Waals surface area contributed by atoms with Gasteiger partial charge in [0.1, 0.15) is 0 Å². The molecule has 0 amide bonds. The first kappa shape index (κ1) is 16.5. The summed E-state index contributed by atoms with van der Waals surface area (Å²) < 4.78 is 27.7. The topological polar surface area (TPSA) is 95.1 Å². The lowest BCUT2D eigenvalue weighted by Gasteiger charge is -2.44. The van der Waals surface area contributed by atoms with Crippen LogP contribution in [0.4, 0.5) is 0 Å². The van der Waals surface area contributed by atoms with Gasteiger partial charge in [-0.1, -0.05) is 27.7 Å². The predicted octanol–water partition coefficient (Wildman–Crippen LogP) is 1.79. The Balaban J connectivity index is 2.21. The highest BCUT2D eigenvalue weighted by atomic mass is 32.2. The second-order valence-corrected chi connectivity index (χ2v) is 9.26. The van der Waals surface area contributed by atoms with Gasteiger partial charge in [0.05, 0.1) is 12.8 Å². The minimum Gasteiger partial charge on any atom is -0.392 e. The monoisotopic (exact) mass is 315 g/mol. The average molecular weight is 315 g/mol. The van der Waals surface area contributed by atoms with Gasteiger partial charge in [-0.2, -0.15) is 5.10 Å². The maximum Gasteiger partial charge on any atom is 0.258 e. The molecule has 6 nitrogen and oxygen atoms in total. The Morgan fingerprint density at radius 2 is 1.90 bits per heavy atom. The number of hydrogen-bond acceptors (Lipinski definition) is 4. The molecule has 0 aliphatic heterocycles. The number of aromatic amines is 1. The van der Waals surface area contributed by atoms with Gasteiger partial charge in [-0.05, 0) is 30.1 Å². The molecule has 21 heavy (non-hydrogen) atoms. The maximum atomic E-state index is 12.5. The third kappa shape index (κ3) is 3.84. The number of nitrogens with zero attached hydrogens (tertiary/aromatic N) is 1. The maximum absolute atomic E-state index is 12.5. The van der Waals surface area contributed by atoms with Gasteiger partial charge in [-0.3, -0.25) is 5.10 Å². The molecule has 3 N–H and O–H groups in total. The van der Waals surface area contributed by atoms with Gasteiger partial charge < -0.3 is 5.11 Å². The number of aliphatic hydroxyl groups excluding tert-OH is 1. The van der Waals surface area contributed by atoms with Gasteiger partial charge in [0.25, 0.3) is 10.0 Å². The lowest BCUT2D eigenvalue weighted by Crippen LogP contribution is -2.46. The molecule has 0 saturated heterocycles. The third-order valence-corrected chi connectivity index (χ3v) is 5.53.